The van der Waals surface area contributed by atoms with E-state index in [-0.39, 0.29) is 41.8 Å². The van der Waals surface area contributed by atoms with E-state index in [2.05, 4.69) is 82.2 Å². The minimum absolute atomic E-state index is 0.0747. The smallest absolute Gasteiger partial charge is 0.407 e. The third-order valence-corrected chi connectivity index (χ3v) is 16.3. The largest absolute Gasteiger partial charge is 0.453 e. The summed E-state index contributed by atoms with van der Waals surface area (Å²) in [6.07, 6.45) is 3.10. The van der Waals surface area contributed by atoms with Crippen LogP contribution in [0.1, 0.15) is 70.7 Å². The van der Waals surface area contributed by atoms with Gasteiger partial charge in [-0.25, -0.2) is 19.6 Å². The number of likely N-dealkylation sites (tertiary alicyclic amines) is 2. The van der Waals surface area contributed by atoms with Crippen molar-refractivity contribution in [1.29, 1.82) is 0 Å². The van der Waals surface area contributed by atoms with Gasteiger partial charge in [0.1, 0.15) is 23.7 Å². The second-order valence-electron chi connectivity index (χ2n) is 18.6. The first-order valence-electron chi connectivity index (χ1n) is 21.6. The number of benzene rings is 3. The molecule has 0 spiro atoms. The van der Waals surface area contributed by atoms with Gasteiger partial charge in [0.15, 0.2) is 0 Å². The number of rotatable bonds is 10. The molecule has 2 unspecified atom stereocenters. The minimum atomic E-state index is -1.45. The molecule has 3 aliphatic rings. The van der Waals surface area contributed by atoms with Crippen molar-refractivity contribution in [3.05, 3.63) is 72.4 Å². The fraction of sp³-hybridized carbons (Fsp3) is 0.478. The standard InChI is InChI=1S/C46H58N8O6Si/c1-25(2)38(51-45(57)59-5)43(55)53-19-9-10-35(53)42-48-33-18-16-30-20-29(15-17-32(30)40(33)50-42)27-11-13-28(14-12-27)34-22-47-41(49-34)36-21-31-23-61(7,8)24-37(31)54(36)44(56)39(26(3)4)52-46(58)60-6/h11-18,20,22,25-26,31,35-39H,9-10,19,21,23-24H2,1-8H3,(H,47,49)(H,48,50)(H,51,57)(H,52,58)/t31?,35-,36-,37?,38-,39-/m0/s1. The van der Waals surface area contributed by atoms with Gasteiger partial charge in [-0.2, -0.15) is 0 Å². The Labute approximate surface area is 357 Å². The highest BCUT2D eigenvalue weighted by Crippen LogP contribution is 2.51. The molecule has 2 aromatic heterocycles. The summed E-state index contributed by atoms with van der Waals surface area (Å²) >= 11 is 0. The van der Waals surface area contributed by atoms with E-state index in [1.54, 1.807) is 0 Å². The predicted molar refractivity (Wildman–Crippen MR) is 237 cm³/mol. The zero-order chi connectivity index (χ0) is 43.3. The topological polar surface area (TPSA) is 175 Å². The van der Waals surface area contributed by atoms with Crippen LogP contribution in [0.2, 0.25) is 25.2 Å². The summed E-state index contributed by atoms with van der Waals surface area (Å²) < 4.78 is 9.68. The summed E-state index contributed by atoms with van der Waals surface area (Å²) in [6, 6.07) is 19.5. The summed E-state index contributed by atoms with van der Waals surface area (Å²) in [7, 11) is 1.16. The van der Waals surface area contributed by atoms with Crippen molar-refractivity contribution in [3.8, 4) is 22.4 Å². The first-order valence-corrected chi connectivity index (χ1v) is 25.0. The summed E-state index contributed by atoms with van der Waals surface area (Å²) in [6.45, 7) is 13.1. The van der Waals surface area contributed by atoms with Gasteiger partial charge in [0.05, 0.1) is 49.2 Å². The van der Waals surface area contributed by atoms with Gasteiger partial charge in [-0.3, -0.25) is 9.59 Å². The Morgan fingerprint density at radius 2 is 1.44 bits per heavy atom. The highest BCUT2D eigenvalue weighted by Gasteiger charge is 2.54. The first-order chi connectivity index (χ1) is 29.2. The number of methoxy groups -OCH3 is 2. The van der Waals surface area contributed by atoms with Crippen LogP contribution in [0.5, 0.6) is 0 Å². The molecule has 0 aliphatic carbocycles. The van der Waals surface area contributed by atoms with E-state index in [0.717, 1.165) is 81.1 Å². The van der Waals surface area contributed by atoms with Gasteiger partial charge in [0, 0.05) is 26.0 Å². The van der Waals surface area contributed by atoms with Crippen LogP contribution in [0.4, 0.5) is 9.59 Å². The van der Waals surface area contributed by atoms with E-state index in [1.807, 2.05) is 49.8 Å². The number of ether oxygens (including phenoxy) is 2. The maximum Gasteiger partial charge on any atom is 0.407 e. The lowest BCUT2D eigenvalue weighted by molar-refractivity contribution is -0.137. The van der Waals surface area contributed by atoms with E-state index in [1.165, 1.54) is 20.3 Å². The van der Waals surface area contributed by atoms with Crippen LogP contribution in [-0.2, 0) is 19.1 Å². The van der Waals surface area contributed by atoms with Gasteiger partial charge < -0.3 is 39.9 Å². The summed E-state index contributed by atoms with van der Waals surface area (Å²) in [5.41, 5.74) is 5.77. The number of carbonyl (C=O) groups excluding carboxylic acids is 4. The molecule has 0 saturated carbocycles. The number of alkyl carbamates (subject to hydrolysis) is 2. The summed E-state index contributed by atoms with van der Waals surface area (Å²) in [4.78, 5) is 73.3. The quantitative estimate of drug-likeness (QED) is 0.102. The molecule has 61 heavy (non-hydrogen) atoms. The van der Waals surface area contributed by atoms with E-state index in [9.17, 15) is 19.2 Å². The normalized spacial score (nSPS) is 21.9. The van der Waals surface area contributed by atoms with Crippen molar-refractivity contribution in [2.75, 3.05) is 20.8 Å². The minimum Gasteiger partial charge on any atom is -0.453 e. The second kappa shape index (κ2) is 16.6. The number of nitrogens with zero attached hydrogens (tertiary/aromatic N) is 4. The number of H-pyrrole nitrogens is 2. The third kappa shape index (κ3) is 8.11. The van der Waals surface area contributed by atoms with Gasteiger partial charge in [-0.15, -0.1) is 0 Å². The van der Waals surface area contributed by atoms with Crippen molar-refractivity contribution in [2.45, 2.75) is 102 Å². The molecule has 4 amide bonds. The monoisotopic (exact) mass is 846 g/mol. The summed E-state index contributed by atoms with van der Waals surface area (Å²) in [5.74, 6) is 1.49. The lowest BCUT2D eigenvalue weighted by Crippen LogP contribution is -2.53. The van der Waals surface area contributed by atoms with Crippen molar-refractivity contribution in [2.24, 2.45) is 17.8 Å². The van der Waals surface area contributed by atoms with Gasteiger partial charge in [-0.1, -0.05) is 89.3 Å². The third-order valence-electron chi connectivity index (χ3n) is 13.2. The van der Waals surface area contributed by atoms with E-state index >= 15 is 0 Å². The van der Waals surface area contributed by atoms with Crippen LogP contribution in [0.25, 0.3) is 44.2 Å². The Kier molecular flexibility index (Phi) is 11.5. The number of imidazole rings is 2. The SMILES string of the molecule is COC(=O)N[C@H](C(=O)N1CCC[C@H]1c1nc2c(ccc3cc(-c4ccc(-c5cnc([C@@H]6CC7C[Si](C)(C)CC7N6C(=O)[C@@H](NC(=O)OC)C(C)C)[nH]5)cc4)ccc32)[nH]1)C(C)C. The molecule has 5 heterocycles. The molecule has 5 aromatic rings. The molecule has 6 atom stereocenters. The second-order valence-corrected chi connectivity index (χ2v) is 23.7. The number of fused-ring (bicyclic) bond motifs is 4. The molecule has 15 heteroatoms. The number of aromatic nitrogens is 4. The molecule has 4 N–H and O–H groups in total. The van der Waals surface area contributed by atoms with Crippen LogP contribution < -0.4 is 10.6 Å². The lowest BCUT2D eigenvalue weighted by Gasteiger charge is -2.34. The van der Waals surface area contributed by atoms with Gasteiger partial charge in [0.25, 0.3) is 0 Å². The highest BCUT2D eigenvalue weighted by molar-refractivity contribution is 6.78. The van der Waals surface area contributed by atoms with Crippen LogP contribution in [0.15, 0.2) is 60.8 Å². The molecular weight excluding hydrogens is 789 g/mol. The van der Waals surface area contributed by atoms with Gasteiger partial charge >= 0.3 is 12.2 Å². The maximum absolute atomic E-state index is 14.3. The van der Waals surface area contributed by atoms with Gasteiger partial charge in [-0.05, 0) is 77.3 Å². The fourth-order valence-corrected chi connectivity index (χ4v) is 13.8. The van der Waals surface area contributed by atoms with E-state index < -0.39 is 32.3 Å². The molecule has 3 aliphatic heterocycles. The van der Waals surface area contributed by atoms with Crippen LogP contribution in [0, 0.1) is 17.8 Å². The first kappa shape index (κ1) is 42.0. The molecule has 8 rings (SSSR count). The molecular formula is C46H58N8O6Si. The molecule has 3 aromatic carbocycles. The van der Waals surface area contributed by atoms with Crippen molar-refractivity contribution in [1.82, 2.24) is 40.4 Å². The number of nitrogens with one attached hydrogen (secondary N) is 4. The number of hydrogen-bond donors (Lipinski definition) is 4. The number of carbonyl (C=O) groups is 4. The molecule has 0 radical (unpaired) electrons. The zero-order valence-electron chi connectivity index (χ0n) is 36.4. The van der Waals surface area contributed by atoms with Gasteiger partial charge in [0.2, 0.25) is 11.8 Å². The maximum atomic E-state index is 14.3. The Morgan fingerprint density at radius 3 is 2.11 bits per heavy atom. The number of amides is 4. The van der Waals surface area contributed by atoms with Crippen LogP contribution in [-0.4, -0.2) is 101 Å². The zero-order valence-corrected chi connectivity index (χ0v) is 37.4. The Balaban J connectivity index is 1.01. The van der Waals surface area contributed by atoms with Crippen LogP contribution >= 0.6 is 0 Å². The molecule has 0 bridgehead atoms. The Hall–Kier alpha value is -5.70. The fourth-order valence-electron chi connectivity index (χ4n) is 10.1. The average Bonchev–Trinajstić information content (AvgIpc) is 4.09. The predicted octanol–water partition coefficient (Wildman–Crippen LogP) is 8.18. The molecule has 14 nitrogen and oxygen atoms in total. The number of hydrogen-bond acceptors (Lipinski definition) is 8. The van der Waals surface area contributed by atoms with E-state index in [0.29, 0.717) is 12.5 Å². The van der Waals surface area contributed by atoms with Crippen molar-refractivity contribution < 1.29 is 28.7 Å². The van der Waals surface area contributed by atoms with Crippen molar-refractivity contribution >= 4 is 53.9 Å². The Bertz CT molecular complexity index is 2460. The van der Waals surface area contributed by atoms with Crippen molar-refractivity contribution in [3.63, 3.8) is 0 Å². The molecule has 3 fully saturated rings. The Morgan fingerprint density at radius 1 is 0.787 bits per heavy atom. The highest BCUT2D eigenvalue weighted by atomic mass is 28.3. The average molecular weight is 847 g/mol. The lowest BCUT2D eigenvalue weighted by atomic mass is 9.99. The van der Waals surface area contributed by atoms with Crippen LogP contribution in [0.3, 0.4) is 0 Å². The van der Waals surface area contributed by atoms with E-state index in [4.69, 9.17) is 19.4 Å². The molecule has 3 saturated heterocycles. The molecule has 322 valence electrons. The number of aromatic amines is 2. The summed E-state index contributed by atoms with van der Waals surface area (Å²) in [5, 5.41) is 7.60.